The van der Waals surface area contributed by atoms with Gasteiger partial charge in [0.1, 0.15) is 17.8 Å². The van der Waals surface area contributed by atoms with Crippen LogP contribution in [-0.2, 0) is 26.9 Å². The Labute approximate surface area is 335 Å². The van der Waals surface area contributed by atoms with Crippen LogP contribution in [-0.4, -0.2) is 67.5 Å². The summed E-state index contributed by atoms with van der Waals surface area (Å²) in [7, 11) is -2.48. The minimum atomic E-state index is -4.44. The fraction of sp³-hybridized carbons (Fsp3) is 0.561. The highest BCUT2D eigenvalue weighted by atomic mass is 33.1. The second-order valence-corrected chi connectivity index (χ2v) is 28.1. The van der Waals surface area contributed by atoms with Crippen molar-refractivity contribution in [3.63, 3.8) is 0 Å². The van der Waals surface area contributed by atoms with Crippen molar-refractivity contribution in [2.45, 2.75) is 128 Å². The molecule has 0 unspecified atom stereocenters. The number of benzene rings is 3. The smallest absolute Gasteiger partial charge is 0.416 e. The van der Waals surface area contributed by atoms with E-state index < -0.39 is 40.5 Å². The van der Waals surface area contributed by atoms with E-state index in [1.165, 1.54) is 27.7 Å². The van der Waals surface area contributed by atoms with Crippen LogP contribution in [0.15, 0.2) is 66.7 Å². The number of carbonyl (C=O) groups is 2. The van der Waals surface area contributed by atoms with Crippen LogP contribution < -0.4 is 0 Å². The summed E-state index contributed by atoms with van der Waals surface area (Å²) in [6.45, 7) is 18.1. The Kier molecular flexibility index (Phi) is 16.9. The van der Waals surface area contributed by atoms with Gasteiger partial charge in [0, 0.05) is 6.54 Å². The van der Waals surface area contributed by atoms with E-state index in [2.05, 4.69) is 27.7 Å². The maximum absolute atomic E-state index is 13.6. The van der Waals surface area contributed by atoms with E-state index >= 15 is 0 Å². The van der Waals surface area contributed by atoms with Gasteiger partial charge in [-0.3, -0.25) is 4.79 Å². The highest BCUT2D eigenvalue weighted by Gasteiger charge is 2.40. The molecule has 0 bridgehead atoms. The van der Waals surface area contributed by atoms with Crippen LogP contribution in [0.1, 0.15) is 89.5 Å². The molecule has 0 saturated carbocycles. The first-order valence-electron chi connectivity index (χ1n) is 18.9. The molecule has 0 aromatic heterocycles. The Morgan fingerprint density at radius 1 is 0.836 bits per heavy atom. The van der Waals surface area contributed by atoms with E-state index in [1.807, 2.05) is 75.6 Å². The maximum Gasteiger partial charge on any atom is 0.416 e. The van der Waals surface area contributed by atoms with Gasteiger partial charge in [0.15, 0.2) is 16.6 Å². The van der Waals surface area contributed by atoms with Crippen LogP contribution in [0.2, 0.25) is 36.3 Å². The summed E-state index contributed by atoms with van der Waals surface area (Å²) < 4.78 is 51.6. The summed E-state index contributed by atoms with van der Waals surface area (Å²) in [6, 6.07) is 18.6. The summed E-state index contributed by atoms with van der Waals surface area (Å²) >= 11 is 0. The number of fused-ring (bicyclic) bond motifs is 1. The molecule has 14 heteroatoms. The Balaban J connectivity index is 1.62. The first kappa shape index (κ1) is 46.9. The van der Waals surface area contributed by atoms with Crippen LogP contribution in [0.5, 0.6) is 0 Å². The minimum Gasteiger partial charge on any atom is -0.462 e. The predicted octanol–water partition coefficient (Wildman–Crippen LogP) is 11.8. The second kappa shape index (κ2) is 19.8. The summed E-state index contributed by atoms with van der Waals surface area (Å²) in [4.78, 5) is 49.9. The Morgan fingerprint density at radius 3 is 2.02 bits per heavy atom. The van der Waals surface area contributed by atoms with Crippen molar-refractivity contribution in [1.82, 2.24) is 4.90 Å². The van der Waals surface area contributed by atoms with E-state index in [-0.39, 0.29) is 40.4 Å². The van der Waals surface area contributed by atoms with Gasteiger partial charge in [-0.15, -0.1) is 0 Å². The molecule has 0 spiro atoms. The Morgan fingerprint density at radius 2 is 1.42 bits per heavy atom. The third-order valence-corrected chi connectivity index (χ3v) is 20.4. The second-order valence-electron chi connectivity index (χ2n) is 16.7. The lowest BCUT2D eigenvalue weighted by molar-refractivity contribution is -0.146. The first-order valence-corrected chi connectivity index (χ1v) is 27.3. The molecule has 1 amide bonds. The van der Waals surface area contributed by atoms with Crippen molar-refractivity contribution in [1.29, 1.82) is 0 Å². The molecule has 1 atom stereocenters. The number of aryl methyl sites for hydroxylation is 1. The van der Waals surface area contributed by atoms with Crippen molar-refractivity contribution in [2.24, 2.45) is 0 Å². The maximum atomic E-state index is 13.6. The molecule has 3 aromatic carbocycles. The third-order valence-electron chi connectivity index (χ3n) is 11.4. The van der Waals surface area contributed by atoms with E-state index in [9.17, 15) is 32.4 Å². The fourth-order valence-corrected chi connectivity index (χ4v) is 8.87. The van der Waals surface area contributed by atoms with Crippen molar-refractivity contribution < 1.29 is 41.8 Å². The van der Waals surface area contributed by atoms with Gasteiger partial charge in [-0.25, -0.2) is 4.79 Å². The van der Waals surface area contributed by atoms with Gasteiger partial charge in [-0.2, -0.15) is 13.2 Å². The normalized spacial score (nSPS) is 13.6. The summed E-state index contributed by atoms with van der Waals surface area (Å²) in [5.74, 6) is -0.369. The van der Waals surface area contributed by atoms with Gasteiger partial charge >= 0.3 is 18.2 Å². The highest BCUT2D eigenvalue weighted by molar-refractivity contribution is 8.76. The SMILES string of the molecule is C[C@H](c1cccc2ccccc12)N(CCCc1cccc(C(F)(F)F)c1)C(=O)OCSSCC(=O)OC(CCC(C)(C)[Si](C)(C)O)CCC(C)(C)[Si](C)(C)O. The van der Waals surface area contributed by atoms with Crippen LogP contribution in [0, 0.1) is 0 Å². The lowest BCUT2D eigenvalue weighted by Crippen LogP contribution is -2.40. The molecule has 306 valence electrons. The van der Waals surface area contributed by atoms with Crippen molar-refractivity contribution in [3.8, 4) is 0 Å². The van der Waals surface area contributed by atoms with Crippen LogP contribution >= 0.6 is 21.6 Å². The summed E-state index contributed by atoms with van der Waals surface area (Å²) in [6.07, 6.45) is -1.98. The summed E-state index contributed by atoms with van der Waals surface area (Å²) in [5, 5.41) is 1.47. The zero-order valence-corrected chi connectivity index (χ0v) is 37.4. The quantitative estimate of drug-likeness (QED) is 0.0382. The molecule has 55 heavy (non-hydrogen) atoms. The standard InChI is InChI=1S/C41H60F3NO6S2Si2/c1-30(35-21-13-18-32-17-10-11-20-36(32)35)45(26-14-16-31-15-12-19-33(27-31)41(42,43)44)38(47)50-29-53-52-28-37(46)51-34(22-24-39(2,3)54(6,7)48)23-25-40(4,5)55(8,9)49/h10-13,15,17-21,27,30,34,48-49H,14,16,22-26,28-29H2,1-9H3/t30-/m1/s1. The number of ether oxygens (including phenoxy) is 2. The number of hydrogen-bond donors (Lipinski definition) is 2. The Bertz CT molecular complexity index is 1680. The molecular formula is C41H60F3NO6S2Si2. The van der Waals surface area contributed by atoms with Crippen molar-refractivity contribution in [2.75, 3.05) is 18.2 Å². The number of alkyl halides is 3. The van der Waals surface area contributed by atoms with Gasteiger partial charge in [-0.1, -0.05) is 110 Å². The topological polar surface area (TPSA) is 96.3 Å². The molecule has 3 aromatic rings. The van der Waals surface area contributed by atoms with Crippen LogP contribution in [0.25, 0.3) is 10.8 Å². The van der Waals surface area contributed by atoms with Gasteiger partial charge in [-0.05, 0) is 110 Å². The number of amides is 1. The molecule has 0 aliphatic carbocycles. The molecule has 0 fully saturated rings. The van der Waals surface area contributed by atoms with Gasteiger partial charge in [0.2, 0.25) is 0 Å². The largest absolute Gasteiger partial charge is 0.462 e. The van der Waals surface area contributed by atoms with Gasteiger partial charge < -0.3 is 24.0 Å². The van der Waals surface area contributed by atoms with E-state index in [1.54, 1.807) is 11.0 Å². The number of hydrogen-bond acceptors (Lipinski definition) is 8. The van der Waals surface area contributed by atoms with Crippen molar-refractivity contribution in [3.05, 3.63) is 83.4 Å². The molecule has 2 N–H and O–H groups in total. The lowest BCUT2D eigenvalue weighted by Gasteiger charge is -2.38. The molecule has 0 aliphatic heterocycles. The average Bonchev–Trinajstić information content (AvgIpc) is 3.09. The zero-order chi connectivity index (χ0) is 41.2. The molecule has 0 saturated heterocycles. The van der Waals surface area contributed by atoms with E-state index in [0.29, 0.717) is 44.1 Å². The fourth-order valence-electron chi connectivity index (χ4n) is 6.00. The van der Waals surface area contributed by atoms with E-state index in [0.717, 1.165) is 28.5 Å². The highest BCUT2D eigenvalue weighted by Crippen LogP contribution is 2.43. The Hall–Kier alpha value is -2.50. The average molecular weight is 840 g/mol. The molecule has 0 aliphatic rings. The van der Waals surface area contributed by atoms with Crippen molar-refractivity contribution >= 4 is 61.1 Å². The number of esters is 1. The third kappa shape index (κ3) is 14.1. The van der Waals surface area contributed by atoms with Crippen LogP contribution in [0.4, 0.5) is 18.0 Å². The van der Waals surface area contributed by atoms with E-state index in [4.69, 9.17) is 9.47 Å². The predicted molar refractivity (Wildman–Crippen MR) is 226 cm³/mol. The van der Waals surface area contributed by atoms with Crippen LogP contribution in [0.3, 0.4) is 0 Å². The number of halogens is 3. The molecule has 3 rings (SSSR count). The molecule has 0 heterocycles. The van der Waals surface area contributed by atoms with Gasteiger partial charge in [0.25, 0.3) is 0 Å². The molecule has 7 nitrogen and oxygen atoms in total. The molecular weight excluding hydrogens is 780 g/mol. The molecule has 0 radical (unpaired) electrons. The lowest BCUT2D eigenvalue weighted by atomic mass is 9.97. The monoisotopic (exact) mass is 839 g/mol. The first-order chi connectivity index (χ1) is 25.4. The van der Waals surface area contributed by atoms with Gasteiger partial charge in [0.05, 0.1) is 11.6 Å². The number of rotatable bonds is 20. The number of carbonyl (C=O) groups excluding carboxylic acids is 2. The minimum absolute atomic E-state index is 0.0264. The summed E-state index contributed by atoms with van der Waals surface area (Å²) in [5.41, 5.74) is 0.759. The number of nitrogens with zero attached hydrogens (tertiary/aromatic N) is 1. The zero-order valence-electron chi connectivity index (χ0n) is 33.8.